The van der Waals surface area contributed by atoms with Crippen molar-refractivity contribution in [3.05, 3.63) is 61.5 Å². The number of rotatable bonds is 7. The van der Waals surface area contributed by atoms with Crippen molar-refractivity contribution in [2.45, 2.75) is 0 Å². The number of hydrogen-bond acceptors (Lipinski definition) is 7. The number of carbonyl (C=O) groups excluding carboxylic acids is 1. The van der Waals surface area contributed by atoms with Gasteiger partial charge in [0.05, 0.1) is 17.6 Å². The van der Waals surface area contributed by atoms with E-state index >= 15 is 0 Å². The Hall–Kier alpha value is -4.11. The highest BCUT2D eigenvalue weighted by Gasteiger charge is 2.11. The standard InChI is InChI=1S/C23H24N8O/c1-24-21-9-20(28-14-29-21)19-13-27-23-18(19)8-16(11-26-23)15-7-17(12-25-10-15)30-22(32)5-4-6-31(2)3/h4-5,7-14H,6H2,1-3H3,(H,26,27)(H,30,32)(H,24,28,29). The maximum absolute atomic E-state index is 12.2. The zero-order chi connectivity index (χ0) is 22.5. The molecule has 32 heavy (non-hydrogen) atoms. The fourth-order valence-corrected chi connectivity index (χ4v) is 3.24. The number of nitrogens with one attached hydrogen (secondary N) is 3. The third kappa shape index (κ3) is 4.79. The number of aromatic nitrogens is 5. The molecule has 4 heterocycles. The van der Waals surface area contributed by atoms with Crippen LogP contribution < -0.4 is 10.6 Å². The molecule has 0 atom stereocenters. The van der Waals surface area contributed by atoms with Crippen molar-refractivity contribution in [1.29, 1.82) is 0 Å². The summed E-state index contributed by atoms with van der Waals surface area (Å²) < 4.78 is 0. The normalized spacial score (nSPS) is 11.4. The molecule has 0 unspecified atom stereocenters. The van der Waals surface area contributed by atoms with Crippen LogP contribution in [0.1, 0.15) is 0 Å². The van der Waals surface area contributed by atoms with Gasteiger partial charge in [-0.15, -0.1) is 0 Å². The van der Waals surface area contributed by atoms with Crippen LogP contribution in [-0.4, -0.2) is 63.4 Å². The molecule has 0 saturated carbocycles. The largest absolute Gasteiger partial charge is 0.373 e. The van der Waals surface area contributed by atoms with Crippen LogP contribution in [0.2, 0.25) is 0 Å². The number of amides is 1. The monoisotopic (exact) mass is 428 g/mol. The third-order valence-electron chi connectivity index (χ3n) is 4.81. The molecule has 9 heteroatoms. The molecular weight excluding hydrogens is 404 g/mol. The van der Waals surface area contributed by atoms with E-state index in [2.05, 4.69) is 35.6 Å². The van der Waals surface area contributed by atoms with Crippen molar-refractivity contribution in [3.8, 4) is 22.4 Å². The van der Waals surface area contributed by atoms with Crippen LogP contribution in [0, 0.1) is 0 Å². The minimum atomic E-state index is -0.198. The first-order valence-corrected chi connectivity index (χ1v) is 10.1. The summed E-state index contributed by atoms with van der Waals surface area (Å²) in [5, 5.41) is 6.81. The smallest absolute Gasteiger partial charge is 0.248 e. The van der Waals surface area contributed by atoms with Crippen molar-refractivity contribution < 1.29 is 4.79 Å². The molecule has 162 valence electrons. The number of anilines is 2. The molecule has 0 aromatic carbocycles. The van der Waals surface area contributed by atoms with E-state index in [0.717, 1.165) is 39.2 Å². The Morgan fingerprint density at radius 1 is 1.09 bits per heavy atom. The number of aromatic amines is 1. The van der Waals surface area contributed by atoms with Crippen molar-refractivity contribution in [1.82, 2.24) is 29.8 Å². The highest BCUT2D eigenvalue weighted by atomic mass is 16.1. The Morgan fingerprint density at radius 3 is 2.75 bits per heavy atom. The highest BCUT2D eigenvalue weighted by Crippen LogP contribution is 2.31. The summed E-state index contributed by atoms with van der Waals surface area (Å²) in [5.41, 5.74) is 4.82. The SMILES string of the molecule is CNc1cc(-c2c[nH]c3ncc(-c4cncc(NC(=O)C=CCN(C)C)c4)cc23)ncn1. The predicted molar refractivity (Wildman–Crippen MR) is 126 cm³/mol. The van der Waals surface area contributed by atoms with Gasteiger partial charge in [-0.1, -0.05) is 6.08 Å². The summed E-state index contributed by atoms with van der Waals surface area (Å²) in [7, 11) is 5.71. The van der Waals surface area contributed by atoms with Crippen molar-refractivity contribution in [2.75, 3.05) is 38.3 Å². The van der Waals surface area contributed by atoms with Gasteiger partial charge in [-0.3, -0.25) is 9.78 Å². The van der Waals surface area contributed by atoms with Crippen LogP contribution >= 0.6 is 0 Å². The summed E-state index contributed by atoms with van der Waals surface area (Å²) >= 11 is 0. The second kappa shape index (κ2) is 9.36. The van der Waals surface area contributed by atoms with Crippen molar-refractivity contribution in [3.63, 3.8) is 0 Å². The number of carbonyl (C=O) groups is 1. The molecule has 0 fully saturated rings. The van der Waals surface area contributed by atoms with Crippen molar-refractivity contribution in [2.24, 2.45) is 0 Å². The van der Waals surface area contributed by atoms with E-state index in [-0.39, 0.29) is 5.91 Å². The molecule has 0 saturated heterocycles. The van der Waals surface area contributed by atoms with Gasteiger partial charge in [-0.05, 0) is 26.2 Å². The number of fused-ring (bicyclic) bond motifs is 1. The van der Waals surface area contributed by atoms with Crippen LogP contribution in [0.5, 0.6) is 0 Å². The molecule has 3 N–H and O–H groups in total. The Bertz CT molecular complexity index is 1280. The lowest BCUT2D eigenvalue weighted by molar-refractivity contribution is -0.111. The van der Waals surface area contributed by atoms with Gasteiger partial charge in [-0.2, -0.15) is 0 Å². The predicted octanol–water partition coefficient (Wildman–Crippen LogP) is 3.18. The summed E-state index contributed by atoms with van der Waals surface area (Å²) in [4.78, 5) is 34.7. The van der Waals surface area contributed by atoms with E-state index in [1.54, 1.807) is 18.6 Å². The molecule has 0 aliphatic rings. The van der Waals surface area contributed by atoms with Crippen LogP contribution in [0.15, 0.2) is 61.5 Å². The average molecular weight is 429 g/mol. The van der Waals surface area contributed by atoms with E-state index in [9.17, 15) is 4.79 Å². The third-order valence-corrected chi connectivity index (χ3v) is 4.81. The summed E-state index contributed by atoms with van der Waals surface area (Å²) in [6.07, 6.45) is 11.9. The molecule has 4 aromatic rings. The molecule has 0 radical (unpaired) electrons. The molecule has 0 bridgehead atoms. The number of likely N-dealkylation sites (N-methyl/N-ethyl adjacent to an activating group) is 1. The minimum Gasteiger partial charge on any atom is -0.373 e. The molecule has 4 rings (SSSR count). The molecule has 9 nitrogen and oxygen atoms in total. The number of hydrogen-bond donors (Lipinski definition) is 3. The van der Waals surface area contributed by atoms with Gasteiger partial charge in [0, 0.05) is 66.4 Å². The van der Waals surface area contributed by atoms with Gasteiger partial charge in [-0.25, -0.2) is 15.0 Å². The van der Waals surface area contributed by atoms with Crippen LogP contribution in [0.3, 0.4) is 0 Å². The summed E-state index contributed by atoms with van der Waals surface area (Å²) in [6.45, 7) is 0.693. The van der Waals surface area contributed by atoms with Gasteiger partial charge in [0.25, 0.3) is 0 Å². The van der Waals surface area contributed by atoms with Crippen LogP contribution in [-0.2, 0) is 4.79 Å². The first-order valence-electron chi connectivity index (χ1n) is 10.1. The molecule has 1 amide bonds. The quantitative estimate of drug-likeness (QED) is 0.388. The van der Waals surface area contributed by atoms with E-state index in [0.29, 0.717) is 12.2 Å². The fraction of sp³-hybridized carbons (Fsp3) is 0.174. The highest BCUT2D eigenvalue weighted by molar-refractivity contribution is 6.00. The maximum Gasteiger partial charge on any atom is 0.248 e. The van der Waals surface area contributed by atoms with Gasteiger partial charge in [0.15, 0.2) is 0 Å². The zero-order valence-corrected chi connectivity index (χ0v) is 18.1. The Kier molecular flexibility index (Phi) is 6.18. The Morgan fingerprint density at radius 2 is 1.94 bits per heavy atom. The molecular formula is C23H24N8O. The topological polar surface area (TPSA) is 112 Å². The number of H-pyrrole nitrogens is 1. The second-order valence-corrected chi connectivity index (χ2v) is 7.48. The first kappa shape index (κ1) is 21.1. The molecule has 0 spiro atoms. The van der Waals surface area contributed by atoms with E-state index in [1.165, 1.54) is 12.4 Å². The van der Waals surface area contributed by atoms with Crippen molar-refractivity contribution >= 4 is 28.4 Å². The van der Waals surface area contributed by atoms with Gasteiger partial charge < -0.3 is 20.5 Å². The number of nitrogens with zero attached hydrogens (tertiary/aromatic N) is 5. The maximum atomic E-state index is 12.2. The molecule has 0 aliphatic heterocycles. The summed E-state index contributed by atoms with van der Waals surface area (Å²) in [5.74, 6) is 0.539. The fourth-order valence-electron chi connectivity index (χ4n) is 3.24. The van der Waals surface area contributed by atoms with E-state index in [4.69, 9.17) is 0 Å². The molecule has 4 aromatic heterocycles. The summed E-state index contributed by atoms with van der Waals surface area (Å²) in [6, 6.07) is 5.80. The van der Waals surface area contributed by atoms with Gasteiger partial charge in [0.1, 0.15) is 17.8 Å². The molecule has 0 aliphatic carbocycles. The van der Waals surface area contributed by atoms with Gasteiger partial charge in [0.2, 0.25) is 5.91 Å². The lowest BCUT2D eigenvalue weighted by atomic mass is 10.1. The Labute approximate surface area is 185 Å². The minimum absolute atomic E-state index is 0.198. The lowest BCUT2D eigenvalue weighted by Crippen LogP contribution is -2.13. The zero-order valence-electron chi connectivity index (χ0n) is 18.1. The van der Waals surface area contributed by atoms with Crippen LogP contribution in [0.4, 0.5) is 11.5 Å². The Balaban J connectivity index is 1.62. The number of pyridine rings is 2. The average Bonchev–Trinajstić information content (AvgIpc) is 3.22. The second-order valence-electron chi connectivity index (χ2n) is 7.48. The van der Waals surface area contributed by atoms with E-state index < -0.39 is 0 Å². The first-order chi connectivity index (χ1) is 15.5. The van der Waals surface area contributed by atoms with E-state index in [1.807, 2.05) is 56.5 Å². The van der Waals surface area contributed by atoms with Gasteiger partial charge >= 0.3 is 0 Å². The lowest BCUT2D eigenvalue weighted by Gasteiger charge is -2.07. The van der Waals surface area contributed by atoms with Crippen LogP contribution in [0.25, 0.3) is 33.4 Å².